The van der Waals surface area contributed by atoms with E-state index in [9.17, 15) is 9.59 Å². The van der Waals surface area contributed by atoms with Crippen LogP contribution in [0.2, 0.25) is 0 Å². The molecule has 0 radical (unpaired) electrons. The maximum absolute atomic E-state index is 11.7. The first-order valence-electron chi connectivity index (χ1n) is 5.40. The van der Waals surface area contributed by atoms with Crippen molar-refractivity contribution in [2.24, 2.45) is 0 Å². The summed E-state index contributed by atoms with van der Waals surface area (Å²) in [5.41, 5.74) is 0. The van der Waals surface area contributed by atoms with Crippen molar-refractivity contribution >= 4 is 36.2 Å². The predicted molar refractivity (Wildman–Crippen MR) is 69.9 cm³/mol. The number of rotatable bonds is 5. The van der Waals surface area contributed by atoms with Crippen LogP contribution in [0.4, 0.5) is 0 Å². The molecule has 1 aliphatic heterocycles. The summed E-state index contributed by atoms with van der Waals surface area (Å²) >= 11 is 5.95. The van der Waals surface area contributed by atoms with Crippen LogP contribution in [0.15, 0.2) is 0 Å². The lowest BCUT2D eigenvalue weighted by atomic mass is 10.2. The van der Waals surface area contributed by atoms with Gasteiger partial charge in [-0.2, -0.15) is 24.4 Å². The van der Waals surface area contributed by atoms with Gasteiger partial charge >= 0.3 is 0 Å². The summed E-state index contributed by atoms with van der Waals surface area (Å²) in [6, 6.07) is -0.521. The van der Waals surface area contributed by atoms with E-state index in [1.54, 1.807) is 0 Å². The highest BCUT2D eigenvalue weighted by atomic mass is 32.2. The lowest BCUT2D eigenvalue weighted by molar-refractivity contribution is -0.127. The third-order valence-electron chi connectivity index (χ3n) is 2.40. The quantitative estimate of drug-likeness (QED) is 0.630. The van der Waals surface area contributed by atoms with Gasteiger partial charge in [0.05, 0.1) is 0 Å². The number of thioether (sulfide) groups is 1. The number of hydrogen-bond acceptors (Lipinski definition) is 4. The number of carbonyl (C=O) groups excluding carboxylic acids is 2. The summed E-state index contributed by atoms with van der Waals surface area (Å²) in [4.78, 5) is 22.5. The van der Waals surface area contributed by atoms with Gasteiger partial charge in [0.1, 0.15) is 6.04 Å². The standard InChI is InChI=1S/C10H18N2O2S2/c1-7(13)12-9(6-15)10(14)11-5-8-3-2-4-16-8/h8-9,15H,2-6H2,1H3,(H,11,14)(H,12,13). The number of thiol groups is 1. The summed E-state index contributed by atoms with van der Waals surface area (Å²) in [6.45, 7) is 2.09. The Balaban J connectivity index is 2.28. The van der Waals surface area contributed by atoms with Crippen molar-refractivity contribution in [3.63, 3.8) is 0 Å². The maximum Gasteiger partial charge on any atom is 0.243 e. The molecular weight excluding hydrogens is 244 g/mol. The second-order valence-electron chi connectivity index (χ2n) is 3.82. The van der Waals surface area contributed by atoms with E-state index >= 15 is 0 Å². The molecular formula is C10H18N2O2S2. The van der Waals surface area contributed by atoms with Crippen LogP contribution in [0, 0.1) is 0 Å². The lowest BCUT2D eigenvalue weighted by Gasteiger charge is -2.17. The third kappa shape index (κ3) is 4.65. The fourth-order valence-corrected chi connectivity index (χ4v) is 3.04. The molecule has 0 aromatic rings. The first-order chi connectivity index (χ1) is 7.63. The van der Waals surface area contributed by atoms with Crippen LogP contribution in [0.1, 0.15) is 19.8 Å². The van der Waals surface area contributed by atoms with Crippen LogP contribution < -0.4 is 10.6 Å². The molecule has 1 aliphatic rings. The molecule has 1 fully saturated rings. The Morgan fingerprint density at radius 1 is 1.56 bits per heavy atom. The molecule has 1 heterocycles. The van der Waals surface area contributed by atoms with Crippen LogP contribution in [0.5, 0.6) is 0 Å². The van der Waals surface area contributed by atoms with Crippen LogP contribution in [-0.2, 0) is 9.59 Å². The fourth-order valence-electron chi connectivity index (χ4n) is 1.58. The second kappa shape index (κ2) is 7.06. The van der Waals surface area contributed by atoms with Crippen molar-refractivity contribution < 1.29 is 9.59 Å². The number of nitrogens with one attached hydrogen (secondary N) is 2. The molecule has 0 spiro atoms. The topological polar surface area (TPSA) is 58.2 Å². The molecule has 6 heteroatoms. The molecule has 2 N–H and O–H groups in total. The minimum atomic E-state index is -0.521. The highest BCUT2D eigenvalue weighted by molar-refractivity contribution is 8.00. The van der Waals surface area contributed by atoms with Gasteiger partial charge in [-0.3, -0.25) is 9.59 Å². The van der Waals surface area contributed by atoms with Crippen molar-refractivity contribution in [1.82, 2.24) is 10.6 Å². The van der Waals surface area contributed by atoms with Gasteiger partial charge in [-0.15, -0.1) is 0 Å². The van der Waals surface area contributed by atoms with Gasteiger partial charge < -0.3 is 10.6 Å². The first-order valence-corrected chi connectivity index (χ1v) is 7.09. The zero-order chi connectivity index (χ0) is 12.0. The van der Waals surface area contributed by atoms with Crippen molar-refractivity contribution in [3.05, 3.63) is 0 Å². The zero-order valence-electron chi connectivity index (χ0n) is 9.36. The summed E-state index contributed by atoms with van der Waals surface area (Å²) in [7, 11) is 0. The Bertz CT molecular complexity index is 255. The van der Waals surface area contributed by atoms with Gasteiger partial charge in [0.15, 0.2) is 0 Å². The highest BCUT2D eigenvalue weighted by Crippen LogP contribution is 2.25. The monoisotopic (exact) mass is 262 g/mol. The number of amides is 2. The van der Waals surface area contributed by atoms with E-state index in [-0.39, 0.29) is 11.8 Å². The molecule has 0 aromatic heterocycles. The van der Waals surface area contributed by atoms with Gasteiger partial charge in [0, 0.05) is 24.5 Å². The average molecular weight is 262 g/mol. The van der Waals surface area contributed by atoms with E-state index in [1.807, 2.05) is 11.8 Å². The normalized spacial score (nSPS) is 21.5. The molecule has 1 saturated heterocycles. The molecule has 1 rings (SSSR count). The minimum absolute atomic E-state index is 0.141. The predicted octanol–water partition coefficient (Wildman–Crippen LogP) is 0.433. The molecule has 4 nitrogen and oxygen atoms in total. The van der Waals surface area contributed by atoms with E-state index in [4.69, 9.17) is 0 Å². The van der Waals surface area contributed by atoms with Gasteiger partial charge in [-0.1, -0.05) is 0 Å². The summed E-state index contributed by atoms with van der Waals surface area (Å²) in [6.07, 6.45) is 2.39. The van der Waals surface area contributed by atoms with E-state index < -0.39 is 6.04 Å². The second-order valence-corrected chi connectivity index (χ2v) is 5.59. The fraction of sp³-hybridized carbons (Fsp3) is 0.800. The Morgan fingerprint density at radius 3 is 2.81 bits per heavy atom. The van der Waals surface area contributed by atoms with Gasteiger partial charge in [0.25, 0.3) is 0 Å². The molecule has 0 saturated carbocycles. The van der Waals surface area contributed by atoms with Gasteiger partial charge in [0.2, 0.25) is 11.8 Å². The van der Waals surface area contributed by atoms with Crippen LogP contribution >= 0.6 is 24.4 Å². The number of hydrogen-bond donors (Lipinski definition) is 3. The van der Waals surface area contributed by atoms with Crippen molar-refractivity contribution in [1.29, 1.82) is 0 Å². The van der Waals surface area contributed by atoms with Crippen LogP contribution in [-0.4, -0.2) is 41.2 Å². The average Bonchev–Trinajstić information content (AvgIpc) is 2.75. The molecule has 2 amide bonds. The molecule has 0 aromatic carbocycles. The lowest BCUT2D eigenvalue weighted by Crippen LogP contribution is -2.48. The van der Waals surface area contributed by atoms with Gasteiger partial charge in [-0.05, 0) is 18.6 Å². The van der Waals surface area contributed by atoms with E-state index in [0.29, 0.717) is 17.5 Å². The summed E-state index contributed by atoms with van der Waals surface area (Å²) in [5, 5.41) is 5.96. The Hall–Kier alpha value is -0.360. The maximum atomic E-state index is 11.7. The summed E-state index contributed by atoms with van der Waals surface area (Å²) in [5.74, 6) is 1.16. The Morgan fingerprint density at radius 2 is 2.31 bits per heavy atom. The largest absolute Gasteiger partial charge is 0.353 e. The Labute approximate surface area is 106 Å². The summed E-state index contributed by atoms with van der Waals surface area (Å²) < 4.78 is 0. The number of carbonyl (C=O) groups is 2. The van der Waals surface area contributed by atoms with Gasteiger partial charge in [-0.25, -0.2) is 0 Å². The molecule has 16 heavy (non-hydrogen) atoms. The first kappa shape index (κ1) is 13.7. The van der Waals surface area contributed by atoms with Crippen molar-refractivity contribution in [2.45, 2.75) is 31.1 Å². The molecule has 2 unspecified atom stereocenters. The SMILES string of the molecule is CC(=O)NC(CS)C(=O)NCC1CCCS1. The Kier molecular flexibility index (Phi) is 6.05. The van der Waals surface area contributed by atoms with Crippen LogP contribution in [0.3, 0.4) is 0 Å². The van der Waals surface area contributed by atoms with Crippen molar-refractivity contribution in [3.8, 4) is 0 Å². The smallest absolute Gasteiger partial charge is 0.243 e. The van der Waals surface area contributed by atoms with E-state index in [1.165, 1.54) is 19.1 Å². The highest BCUT2D eigenvalue weighted by Gasteiger charge is 2.20. The molecule has 0 bridgehead atoms. The van der Waals surface area contributed by atoms with Crippen molar-refractivity contribution in [2.75, 3.05) is 18.1 Å². The molecule has 92 valence electrons. The molecule has 0 aliphatic carbocycles. The zero-order valence-corrected chi connectivity index (χ0v) is 11.1. The minimum Gasteiger partial charge on any atom is -0.353 e. The third-order valence-corrected chi connectivity index (χ3v) is 4.17. The molecule has 2 atom stereocenters. The van der Waals surface area contributed by atoms with E-state index in [0.717, 1.165) is 6.42 Å². The van der Waals surface area contributed by atoms with E-state index in [2.05, 4.69) is 23.3 Å². The van der Waals surface area contributed by atoms with Crippen LogP contribution in [0.25, 0.3) is 0 Å².